The van der Waals surface area contributed by atoms with Gasteiger partial charge in [-0.3, -0.25) is 9.78 Å². The lowest BCUT2D eigenvalue weighted by molar-refractivity contribution is 0.112. The number of pyridine rings is 1. The summed E-state index contributed by atoms with van der Waals surface area (Å²) < 4.78 is 5.14. The van der Waals surface area contributed by atoms with Crippen LogP contribution in [0.3, 0.4) is 0 Å². The van der Waals surface area contributed by atoms with Crippen LogP contribution in [0.25, 0.3) is 11.5 Å². The highest BCUT2D eigenvalue weighted by Crippen LogP contribution is 2.16. The number of hydrogen-bond donors (Lipinski definition) is 0. The Labute approximate surface area is 75.0 Å². The Morgan fingerprint density at radius 2 is 2.23 bits per heavy atom. The molecule has 0 spiro atoms. The van der Waals surface area contributed by atoms with Crippen molar-refractivity contribution in [1.29, 1.82) is 0 Å². The van der Waals surface area contributed by atoms with E-state index in [0.29, 0.717) is 11.3 Å². The number of rotatable bonds is 2. The average Bonchev–Trinajstić information content (AvgIpc) is 2.71. The molecule has 0 N–H and O–H groups in total. The first-order chi connectivity index (χ1) is 6.40. The molecular formula is C10H7NO2. The number of nitrogens with zero attached hydrogens (tertiary/aromatic N) is 1. The minimum Gasteiger partial charge on any atom is -0.463 e. The van der Waals surface area contributed by atoms with Crippen LogP contribution in [0.15, 0.2) is 41.1 Å². The summed E-state index contributed by atoms with van der Waals surface area (Å²) in [6.07, 6.45) is 3.87. The Bertz CT molecular complexity index is 389. The van der Waals surface area contributed by atoms with Gasteiger partial charge in [-0.15, -0.1) is 0 Å². The second-order valence-corrected chi connectivity index (χ2v) is 2.57. The SMILES string of the molecule is O=Cc1ccc(-c2ccco2)nc1. The fourth-order valence-electron chi connectivity index (χ4n) is 1.05. The zero-order valence-electron chi connectivity index (χ0n) is 6.81. The Morgan fingerprint density at radius 3 is 2.77 bits per heavy atom. The summed E-state index contributed by atoms with van der Waals surface area (Å²) in [5.41, 5.74) is 1.30. The van der Waals surface area contributed by atoms with Gasteiger partial charge in [0.2, 0.25) is 0 Å². The molecule has 3 nitrogen and oxygen atoms in total. The zero-order valence-corrected chi connectivity index (χ0v) is 6.81. The Hall–Kier alpha value is -1.90. The van der Waals surface area contributed by atoms with E-state index >= 15 is 0 Å². The van der Waals surface area contributed by atoms with Crippen LogP contribution in [0.4, 0.5) is 0 Å². The zero-order chi connectivity index (χ0) is 9.10. The molecule has 0 aliphatic carbocycles. The Morgan fingerprint density at radius 1 is 1.31 bits per heavy atom. The lowest BCUT2D eigenvalue weighted by atomic mass is 10.2. The molecule has 13 heavy (non-hydrogen) atoms. The van der Waals surface area contributed by atoms with E-state index < -0.39 is 0 Å². The Kier molecular flexibility index (Phi) is 1.92. The fourth-order valence-corrected chi connectivity index (χ4v) is 1.05. The molecule has 0 amide bonds. The van der Waals surface area contributed by atoms with Crippen molar-refractivity contribution in [2.75, 3.05) is 0 Å². The van der Waals surface area contributed by atoms with E-state index in [1.165, 1.54) is 6.20 Å². The van der Waals surface area contributed by atoms with Crippen LogP contribution >= 0.6 is 0 Å². The summed E-state index contributed by atoms with van der Waals surface area (Å²) in [6.45, 7) is 0. The van der Waals surface area contributed by atoms with Gasteiger partial charge in [-0.25, -0.2) is 0 Å². The van der Waals surface area contributed by atoms with E-state index in [4.69, 9.17) is 4.42 Å². The summed E-state index contributed by atoms with van der Waals surface area (Å²) in [5, 5.41) is 0. The van der Waals surface area contributed by atoms with Gasteiger partial charge in [-0.2, -0.15) is 0 Å². The summed E-state index contributed by atoms with van der Waals surface area (Å²) in [4.78, 5) is 14.4. The lowest BCUT2D eigenvalue weighted by Crippen LogP contribution is -1.84. The first kappa shape index (κ1) is 7.73. The van der Waals surface area contributed by atoms with Gasteiger partial charge in [0.1, 0.15) is 5.69 Å². The molecule has 2 heterocycles. The Balaban J connectivity index is 2.38. The van der Waals surface area contributed by atoms with Gasteiger partial charge in [-0.05, 0) is 24.3 Å². The highest BCUT2D eigenvalue weighted by Gasteiger charge is 2.00. The second kappa shape index (κ2) is 3.23. The molecule has 64 valence electrons. The molecule has 0 atom stereocenters. The molecule has 2 aromatic heterocycles. The first-order valence-electron chi connectivity index (χ1n) is 3.85. The normalized spacial score (nSPS) is 9.85. The molecule has 0 aliphatic rings. The van der Waals surface area contributed by atoms with Crippen LogP contribution in [-0.4, -0.2) is 11.3 Å². The van der Waals surface area contributed by atoms with Gasteiger partial charge in [0.05, 0.1) is 6.26 Å². The summed E-state index contributed by atoms with van der Waals surface area (Å²) >= 11 is 0. The highest BCUT2D eigenvalue weighted by molar-refractivity contribution is 5.74. The van der Waals surface area contributed by atoms with E-state index in [1.807, 2.05) is 6.07 Å². The van der Waals surface area contributed by atoms with Crippen molar-refractivity contribution in [3.05, 3.63) is 42.3 Å². The van der Waals surface area contributed by atoms with E-state index in [9.17, 15) is 4.79 Å². The van der Waals surface area contributed by atoms with Gasteiger partial charge in [-0.1, -0.05) is 0 Å². The molecule has 0 bridgehead atoms. The molecule has 2 rings (SSSR count). The van der Waals surface area contributed by atoms with E-state index in [1.54, 1.807) is 24.5 Å². The van der Waals surface area contributed by atoms with Gasteiger partial charge >= 0.3 is 0 Å². The van der Waals surface area contributed by atoms with Gasteiger partial charge in [0, 0.05) is 11.8 Å². The van der Waals surface area contributed by atoms with Crippen LogP contribution < -0.4 is 0 Å². The smallest absolute Gasteiger partial charge is 0.152 e. The fraction of sp³-hybridized carbons (Fsp3) is 0. The van der Waals surface area contributed by atoms with Gasteiger partial charge in [0.25, 0.3) is 0 Å². The van der Waals surface area contributed by atoms with Crippen LogP contribution in [0.2, 0.25) is 0 Å². The maximum atomic E-state index is 10.3. The molecule has 0 saturated carbocycles. The van der Waals surface area contributed by atoms with Gasteiger partial charge in [0.15, 0.2) is 12.0 Å². The summed E-state index contributed by atoms with van der Waals surface area (Å²) in [6, 6.07) is 7.08. The minimum atomic E-state index is 0.565. The topological polar surface area (TPSA) is 43.1 Å². The predicted octanol–water partition coefficient (Wildman–Crippen LogP) is 2.15. The molecule has 0 saturated heterocycles. The molecule has 0 radical (unpaired) electrons. The number of aromatic nitrogens is 1. The lowest BCUT2D eigenvalue weighted by Gasteiger charge is -1.94. The van der Waals surface area contributed by atoms with Crippen LogP contribution in [0, 0.1) is 0 Å². The number of aldehydes is 1. The standard InChI is InChI=1S/C10H7NO2/c12-7-8-3-4-9(11-6-8)10-2-1-5-13-10/h1-7H. The molecule has 3 heteroatoms. The van der Waals surface area contributed by atoms with Crippen molar-refractivity contribution in [3.8, 4) is 11.5 Å². The van der Waals surface area contributed by atoms with Crippen molar-refractivity contribution in [2.45, 2.75) is 0 Å². The molecule has 0 aromatic carbocycles. The highest BCUT2D eigenvalue weighted by atomic mass is 16.3. The monoisotopic (exact) mass is 173 g/mol. The third-order valence-electron chi connectivity index (χ3n) is 1.70. The summed E-state index contributed by atoms with van der Waals surface area (Å²) in [7, 11) is 0. The van der Waals surface area contributed by atoms with Crippen molar-refractivity contribution in [3.63, 3.8) is 0 Å². The third-order valence-corrected chi connectivity index (χ3v) is 1.70. The van der Waals surface area contributed by atoms with Crippen LogP contribution in [0.5, 0.6) is 0 Å². The maximum Gasteiger partial charge on any atom is 0.152 e. The average molecular weight is 173 g/mol. The van der Waals surface area contributed by atoms with Gasteiger partial charge < -0.3 is 4.42 Å². The van der Waals surface area contributed by atoms with E-state index in [0.717, 1.165) is 12.0 Å². The second-order valence-electron chi connectivity index (χ2n) is 2.57. The number of carbonyl (C=O) groups excluding carboxylic acids is 1. The first-order valence-corrected chi connectivity index (χ1v) is 3.85. The van der Waals surface area contributed by atoms with Crippen LogP contribution in [0.1, 0.15) is 10.4 Å². The van der Waals surface area contributed by atoms with E-state index in [-0.39, 0.29) is 0 Å². The van der Waals surface area contributed by atoms with E-state index in [2.05, 4.69) is 4.98 Å². The maximum absolute atomic E-state index is 10.3. The predicted molar refractivity (Wildman–Crippen MR) is 47.3 cm³/mol. The largest absolute Gasteiger partial charge is 0.463 e. The number of hydrogen-bond acceptors (Lipinski definition) is 3. The molecule has 0 aliphatic heterocycles. The van der Waals surface area contributed by atoms with Crippen LogP contribution in [-0.2, 0) is 0 Å². The molecule has 0 unspecified atom stereocenters. The van der Waals surface area contributed by atoms with Crippen molar-refractivity contribution >= 4 is 6.29 Å². The molecule has 0 fully saturated rings. The number of furan rings is 1. The molecular weight excluding hydrogens is 166 g/mol. The minimum absolute atomic E-state index is 0.565. The third kappa shape index (κ3) is 1.49. The number of carbonyl (C=O) groups is 1. The molecule has 2 aromatic rings. The van der Waals surface area contributed by atoms with Crippen molar-refractivity contribution in [1.82, 2.24) is 4.98 Å². The quantitative estimate of drug-likeness (QED) is 0.653. The van der Waals surface area contributed by atoms with Crippen molar-refractivity contribution in [2.24, 2.45) is 0 Å². The summed E-state index contributed by atoms with van der Waals surface area (Å²) in [5.74, 6) is 0.706. The van der Waals surface area contributed by atoms with Crippen molar-refractivity contribution < 1.29 is 9.21 Å².